The van der Waals surface area contributed by atoms with Crippen LogP contribution in [0.4, 0.5) is 0 Å². The van der Waals surface area contributed by atoms with Gasteiger partial charge in [0.1, 0.15) is 6.07 Å². The second kappa shape index (κ2) is 4.98. The van der Waals surface area contributed by atoms with Gasteiger partial charge in [0, 0.05) is 18.0 Å². The zero-order valence-corrected chi connectivity index (χ0v) is 10.2. The van der Waals surface area contributed by atoms with Gasteiger partial charge in [0.25, 0.3) is 0 Å². The van der Waals surface area contributed by atoms with Crippen LogP contribution in [0.5, 0.6) is 0 Å². The predicted octanol–water partition coefficient (Wildman–Crippen LogP) is 3.16. The van der Waals surface area contributed by atoms with Gasteiger partial charge in [-0.2, -0.15) is 10.3 Å². The van der Waals surface area contributed by atoms with Crippen LogP contribution in [0.3, 0.4) is 0 Å². The Kier molecular flexibility index (Phi) is 3.62. The van der Waals surface area contributed by atoms with Crippen LogP contribution in [0.2, 0.25) is 4.34 Å². The molecule has 1 N–H and O–H groups in total. The molecule has 1 aliphatic heterocycles. The SMILES string of the molecule is N#CC(=C1CCN(O)CC1)c1ccc(Cl)s1. The number of hydroxylamine groups is 2. The number of piperidine rings is 1. The van der Waals surface area contributed by atoms with E-state index in [-0.39, 0.29) is 0 Å². The molecule has 84 valence electrons. The van der Waals surface area contributed by atoms with Crippen molar-refractivity contribution in [2.75, 3.05) is 13.1 Å². The Bertz CT molecular complexity index is 451. The smallest absolute Gasteiger partial charge is 0.101 e. The molecule has 0 unspecified atom stereocenters. The Balaban J connectivity index is 2.29. The summed E-state index contributed by atoms with van der Waals surface area (Å²) in [4.78, 5) is 0.925. The third kappa shape index (κ3) is 2.45. The number of hydrogen-bond donors (Lipinski definition) is 1. The number of allylic oxidation sites excluding steroid dienone is 1. The van der Waals surface area contributed by atoms with E-state index in [9.17, 15) is 10.5 Å². The van der Waals surface area contributed by atoms with E-state index in [1.165, 1.54) is 16.4 Å². The Morgan fingerprint density at radius 3 is 2.62 bits per heavy atom. The molecule has 2 rings (SSSR count). The van der Waals surface area contributed by atoms with Gasteiger partial charge < -0.3 is 5.21 Å². The van der Waals surface area contributed by atoms with Crippen molar-refractivity contribution >= 4 is 28.5 Å². The lowest BCUT2D eigenvalue weighted by Crippen LogP contribution is -2.27. The van der Waals surface area contributed by atoms with Crippen LogP contribution in [0.25, 0.3) is 5.57 Å². The minimum Gasteiger partial charge on any atom is -0.314 e. The van der Waals surface area contributed by atoms with Gasteiger partial charge in [-0.15, -0.1) is 11.3 Å². The van der Waals surface area contributed by atoms with Crippen molar-refractivity contribution in [2.45, 2.75) is 12.8 Å². The summed E-state index contributed by atoms with van der Waals surface area (Å²) in [5, 5.41) is 19.7. The van der Waals surface area contributed by atoms with E-state index in [1.807, 2.05) is 6.07 Å². The Labute approximate surface area is 103 Å². The average Bonchev–Trinajstić information content (AvgIpc) is 2.69. The van der Waals surface area contributed by atoms with Crippen LogP contribution in [0.15, 0.2) is 17.7 Å². The van der Waals surface area contributed by atoms with Crippen molar-refractivity contribution in [2.24, 2.45) is 0 Å². The fourth-order valence-electron chi connectivity index (χ4n) is 1.77. The van der Waals surface area contributed by atoms with Crippen LogP contribution >= 0.6 is 22.9 Å². The van der Waals surface area contributed by atoms with Crippen molar-refractivity contribution in [3.63, 3.8) is 0 Å². The molecule has 5 heteroatoms. The summed E-state index contributed by atoms with van der Waals surface area (Å²) >= 11 is 7.29. The molecule has 3 nitrogen and oxygen atoms in total. The Morgan fingerprint density at radius 2 is 2.12 bits per heavy atom. The first kappa shape index (κ1) is 11.6. The minimum atomic E-state index is 0.597. The highest BCUT2D eigenvalue weighted by molar-refractivity contribution is 7.17. The standard InChI is InChI=1S/C11H11ClN2OS/c12-11-2-1-10(16-11)9(7-13)8-3-5-14(15)6-4-8/h1-2,15H,3-6H2. The van der Waals surface area contributed by atoms with Gasteiger partial charge in [0.2, 0.25) is 0 Å². The van der Waals surface area contributed by atoms with E-state index < -0.39 is 0 Å². The Morgan fingerprint density at radius 1 is 1.44 bits per heavy atom. The van der Waals surface area contributed by atoms with Crippen molar-refractivity contribution in [3.8, 4) is 6.07 Å². The molecule has 0 atom stereocenters. The molecule has 0 spiro atoms. The number of halogens is 1. The van der Waals surface area contributed by atoms with Crippen LogP contribution < -0.4 is 0 Å². The van der Waals surface area contributed by atoms with Gasteiger partial charge in [0.05, 0.1) is 9.91 Å². The van der Waals surface area contributed by atoms with Crippen LogP contribution in [0, 0.1) is 11.3 Å². The molecule has 0 saturated carbocycles. The highest BCUT2D eigenvalue weighted by atomic mass is 35.5. The van der Waals surface area contributed by atoms with Crippen LogP contribution in [-0.2, 0) is 0 Å². The second-order valence-electron chi connectivity index (χ2n) is 3.65. The van der Waals surface area contributed by atoms with E-state index in [1.54, 1.807) is 6.07 Å². The first-order valence-corrected chi connectivity index (χ1v) is 6.22. The minimum absolute atomic E-state index is 0.597. The number of nitriles is 1. The first-order chi connectivity index (χ1) is 7.70. The largest absolute Gasteiger partial charge is 0.314 e. The zero-order chi connectivity index (χ0) is 11.5. The summed E-state index contributed by atoms with van der Waals surface area (Å²) in [6.07, 6.45) is 1.49. The van der Waals surface area contributed by atoms with Gasteiger partial charge in [-0.25, -0.2) is 0 Å². The summed E-state index contributed by atoms with van der Waals surface area (Å²) in [6, 6.07) is 5.93. The maximum Gasteiger partial charge on any atom is 0.101 e. The number of hydrogen-bond acceptors (Lipinski definition) is 4. The molecule has 0 radical (unpaired) electrons. The maximum absolute atomic E-state index is 9.27. The van der Waals surface area contributed by atoms with E-state index in [0.717, 1.165) is 28.9 Å². The third-order valence-electron chi connectivity index (χ3n) is 2.63. The molecule has 1 aromatic heterocycles. The molecule has 1 fully saturated rings. The van der Waals surface area contributed by atoms with Crippen LogP contribution in [-0.4, -0.2) is 23.4 Å². The molecule has 1 aromatic rings. The molecule has 0 amide bonds. The van der Waals surface area contributed by atoms with Gasteiger partial charge in [0.15, 0.2) is 0 Å². The van der Waals surface area contributed by atoms with Crippen molar-refractivity contribution in [3.05, 3.63) is 26.9 Å². The summed E-state index contributed by atoms with van der Waals surface area (Å²) in [7, 11) is 0. The molecule has 0 aliphatic carbocycles. The molecule has 1 aliphatic rings. The summed E-state index contributed by atoms with van der Waals surface area (Å²) in [5.41, 5.74) is 1.84. The monoisotopic (exact) mass is 254 g/mol. The van der Waals surface area contributed by atoms with Gasteiger partial charge in [-0.1, -0.05) is 11.6 Å². The fraction of sp³-hybridized carbons (Fsp3) is 0.364. The topological polar surface area (TPSA) is 47.3 Å². The van der Waals surface area contributed by atoms with Crippen molar-refractivity contribution < 1.29 is 5.21 Å². The summed E-state index contributed by atoms with van der Waals surface area (Å²) < 4.78 is 0.697. The lowest BCUT2D eigenvalue weighted by molar-refractivity contribution is -0.0958. The van der Waals surface area contributed by atoms with Crippen molar-refractivity contribution in [1.29, 1.82) is 5.26 Å². The quantitative estimate of drug-likeness (QED) is 0.783. The zero-order valence-electron chi connectivity index (χ0n) is 8.61. The molecule has 0 bridgehead atoms. The number of thiophene rings is 1. The Hall–Kier alpha value is -0.860. The summed E-state index contributed by atoms with van der Waals surface area (Å²) in [5.74, 6) is 0. The predicted molar refractivity (Wildman–Crippen MR) is 64.5 cm³/mol. The molecule has 2 heterocycles. The van der Waals surface area contributed by atoms with E-state index in [0.29, 0.717) is 17.4 Å². The molecule has 16 heavy (non-hydrogen) atoms. The van der Waals surface area contributed by atoms with E-state index in [4.69, 9.17) is 11.6 Å². The fourth-order valence-corrected chi connectivity index (χ4v) is 2.86. The molecular formula is C11H11ClN2OS. The average molecular weight is 255 g/mol. The van der Waals surface area contributed by atoms with Gasteiger partial charge >= 0.3 is 0 Å². The molecular weight excluding hydrogens is 244 g/mol. The maximum atomic E-state index is 9.27. The second-order valence-corrected chi connectivity index (χ2v) is 5.36. The highest BCUT2D eigenvalue weighted by Gasteiger charge is 2.17. The highest BCUT2D eigenvalue weighted by Crippen LogP contribution is 2.32. The van der Waals surface area contributed by atoms with E-state index in [2.05, 4.69) is 6.07 Å². The first-order valence-electron chi connectivity index (χ1n) is 5.02. The third-order valence-corrected chi connectivity index (χ3v) is 3.88. The normalized spacial score (nSPS) is 17.2. The lowest BCUT2D eigenvalue weighted by Gasteiger charge is -2.22. The van der Waals surface area contributed by atoms with Gasteiger partial charge in [-0.3, -0.25) is 0 Å². The lowest BCUT2D eigenvalue weighted by atomic mass is 9.98. The molecule has 0 aromatic carbocycles. The van der Waals surface area contributed by atoms with Crippen molar-refractivity contribution in [1.82, 2.24) is 5.06 Å². The molecule has 1 saturated heterocycles. The summed E-state index contributed by atoms with van der Waals surface area (Å²) in [6.45, 7) is 1.19. The number of nitrogens with zero attached hydrogens (tertiary/aromatic N) is 2. The van der Waals surface area contributed by atoms with Crippen LogP contribution in [0.1, 0.15) is 17.7 Å². The van der Waals surface area contributed by atoms with Gasteiger partial charge in [-0.05, 0) is 30.5 Å². The van der Waals surface area contributed by atoms with E-state index >= 15 is 0 Å². The number of rotatable bonds is 1.